The van der Waals surface area contributed by atoms with E-state index in [0.29, 0.717) is 0 Å². The van der Waals surface area contributed by atoms with Crippen molar-refractivity contribution in [1.82, 2.24) is 0 Å². The minimum Gasteiger partial charge on any atom is -0.462 e. The average molecular weight is 542 g/mol. The fraction of sp³-hybridized carbons (Fsp3) is 0.231. The zero-order chi connectivity index (χ0) is 26.9. The number of anilines is 1. The van der Waals surface area contributed by atoms with Crippen molar-refractivity contribution in [3.05, 3.63) is 75.7 Å². The Labute approximate surface area is 217 Å². The number of thiophene rings is 1. The summed E-state index contributed by atoms with van der Waals surface area (Å²) < 4.78 is 36.3. The molecule has 1 N–H and O–H groups in total. The highest BCUT2D eigenvalue weighted by molar-refractivity contribution is 7.91. The van der Waals surface area contributed by atoms with E-state index >= 15 is 0 Å². The second-order valence-corrected chi connectivity index (χ2v) is 11.4. The maximum atomic E-state index is 13.1. The Balaban J connectivity index is 1.49. The number of sulfone groups is 1. The van der Waals surface area contributed by atoms with Crippen LogP contribution in [0.4, 0.5) is 5.00 Å². The van der Waals surface area contributed by atoms with Crippen molar-refractivity contribution in [2.45, 2.75) is 36.5 Å². The Bertz CT molecular complexity index is 1540. The number of ketones is 1. The standard InChI is InChI=1S/C26H23NO8S2/c1-4-34-26(31)18-12-19(14(2)3)36-24(18)27-22(28)13-35-25(30)15-9-10-17-21(11-15)37(32,33)20-8-6-5-7-16(20)23(17)29/h5-12,14H,4,13H2,1-3H3,(H,27,28). The van der Waals surface area contributed by atoms with Crippen LogP contribution >= 0.6 is 11.3 Å². The predicted molar refractivity (Wildman–Crippen MR) is 135 cm³/mol. The molecule has 1 aliphatic rings. The van der Waals surface area contributed by atoms with Gasteiger partial charge in [0.1, 0.15) is 5.00 Å². The summed E-state index contributed by atoms with van der Waals surface area (Å²) in [5, 5.41) is 2.85. The maximum absolute atomic E-state index is 13.1. The molecule has 0 aliphatic carbocycles. The Morgan fingerprint density at radius 3 is 2.35 bits per heavy atom. The van der Waals surface area contributed by atoms with Gasteiger partial charge in [0.05, 0.1) is 27.5 Å². The molecule has 3 aromatic rings. The van der Waals surface area contributed by atoms with Crippen molar-refractivity contribution >= 4 is 49.8 Å². The van der Waals surface area contributed by atoms with E-state index in [1.165, 1.54) is 41.7 Å². The molecule has 0 fully saturated rings. The van der Waals surface area contributed by atoms with Crippen LogP contribution in [-0.4, -0.2) is 45.3 Å². The lowest BCUT2D eigenvalue weighted by molar-refractivity contribution is -0.119. The number of hydrogen-bond acceptors (Lipinski definition) is 9. The number of rotatable bonds is 7. The van der Waals surface area contributed by atoms with Gasteiger partial charge in [-0.05, 0) is 49.2 Å². The number of fused-ring (bicyclic) bond motifs is 2. The molecule has 0 atom stereocenters. The van der Waals surface area contributed by atoms with E-state index in [4.69, 9.17) is 9.47 Å². The summed E-state index contributed by atoms with van der Waals surface area (Å²) in [6.45, 7) is 5.05. The third kappa shape index (κ3) is 5.05. The van der Waals surface area contributed by atoms with E-state index in [2.05, 4.69) is 5.32 Å². The number of ether oxygens (including phenoxy) is 2. The van der Waals surface area contributed by atoms with Gasteiger partial charge in [0.2, 0.25) is 9.84 Å². The van der Waals surface area contributed by atoms with Crippen molar-refractivity contribution < 1.29 is 37.1 Å². The minimum absolute atomic E-state index is 0.0434. The van der Waals surface area contributed by atoms with Gasteiger partial charge in [-0.15, -0.1) is 11.3 Å². The predicted octanol–water partition coefficient (Wildman–Crippen LogP) is 4.22. The fourth-order valence-electron chi connectivity index (χ4n) is 3.74. The van der Waals surface area contributed by atoms with Crippen molar-refractivity contribution in [2.24, 2.45) is 0 Å². The largest absolute Gasteiger partial charge is 0.462 e. The van der Waals surface area contributed by atoms with Crippen molar-refractivity contribution in [3.8, 4) is 0 Å². The van der Waals surface area contributed by atoms with E-state index in [1.54, 1.807) is 19.1 Å². The first-order chi connectivity index (χ1) is 17.5. The number of hydrogen-bond donors (Lipinski definition) is 1. The van der Waals surface area contributed by atoms with Crippen molar-refractivity contribution in [1.29, 1.82) is 0 Å². The first-order valence-corrected chi connectivity index (χ1v) is 13.6. The molecule has 1 aliphatic heterocycles. The molecule has 192 valence electrons. The van der Waals surface area contributed by atoms with Crippen LogP contribution in [0.15, 0.2) is 58.3 Å². The summed E-state index contributed by atoms with van der Waals surface area (Å²) in [6.07, 6.45) is 0. The summed E-state index contributed by atoms with van der Waals surface area (Å²) in [5.41, 5.74) is 0.101. The quantitative estimate of drug-likeness (QED) is 0.344. The van der Waals surface area contributed by atoms with E-state index in [9.17, 15) is 27.6 Å². The normalized spacial score (nSPS) is 13.5. The minimum atomic E-state index is -4.04. The zero-order valence-corrected chi connectivity index (χ0v) is 21.8. The summed E-state index contributed by atoms with van der Waals surface area (Å²) in [4.78, 5) is 50.6. The van der Waals surface area contributed by atoms with Crippen LogP contribution in [-0.2, 0) is 24.1 Å². The Kier molecular flexibility index (Phi) is 7.28. The molecule has 11 heteroatoms. The zero-order valence-electron chi connectivity index (χ0n) is 20.2. The van der Waals surface area contributed by atoms with Crippen LogP contribution in [0.2, 0.25) is 0 Å². The van der Waals surface area contributed by atoms with Crippen LogP contribution < -0.4 is 5.32 Å². The monoisotopic (exact) mass is 541 g/mol. The molecule has 0 bridgehead atoms. The Morgan fingerprint density at radius 1 is 0.946 bits per heavy atom. The highest BCUT2D eigenvalue weighted by Crippen LogP contribution is 2.35. The lowest BCUT2D eigenvalue weighted by Crippen LogP contribution is -2.23. The van der Waals surface area contributed by atoms with Crippen LogP contribution in [0.3, 0.4) is 0 Å². The summed E-state index contributed by atoms with van der Waals surface area (Å²) in [5.74, 6) is -2.57. The molecule has 2 heterocycles. The average Bonchev–Trinajstić information content (AvgIpc) is 3.30. The van der Waals surface area contributed by atoms with Crippen LogP contribution in [0.5, 0.6) is 0 Å². The van der Waals surface area contributed by atoms with E-state index in [-0.39, 0.29) is 49.6 Å². The first-order valence-electron chi connectivity index (χ1n) is 11.3. The number of carbonyl (C=O) groups excluding carboxylic acids is 4. The third-order valence-electron chi connectivity index (χ3n) is 5.58. The molecule has 2 aromatic carbocycles. The fourth-order valence-corrected chi connectivity index (χ4v) is 6.48. The van der Waals surface area contributed by atoms with Gasteiger partial charge in [-0.25, -0.2) is 18.0 Å². The summed E-state index contributed by atoms with van der Waals surface area (Å²) in [7, 11) is -4.04. The maximum Gasteiger partial charge on any atom is 0.341 e. The summed E-state index contributed by atoms with van der Waals surface area (Å²) in [6, 6.07) is 11.1. The molecule has 1 aromatic heterocycles. The van der Waals surface area contributed by atoms with Gasteiger partial charge in [0.15, 0.2) is 12.4 Å². The molecule has 0 unspecified atom stereocenters. The first kappa shape index (κ1) is 26.2. The molecule has 0 radical (unpaired) electrons. The molecule has 0 saturated carbocycles. The molecule has 9 nitrogen and oxygen atoms in total. The van der Waals surface area contributed by atoms with Gasteiger partial charge in [-0.2, -0.15) is 0 Å². The van der Waals surface area contributed by atoms with Crippen molar-refractivity contribution in [3.63, 3.8) is 0 Å². The molecule has 0 spiro atoms. The highest BCUT2D eigenvalue weighted by atomic mass is 32.2. The SMILES string of the molecule is CCOC(=O)c1cc(C(C)C)sc1NC(=O)COC(=O)c1ccc2c(c1)S(=O)(=O)c1ccccc1C2=O. The van der Waals surface area contributed by atoms with Gasteiger partial charge < -0.3 is 14.8 Å². The molecular weight excluding hydrogens is 518 g/mol. The van der Waals surface area contributed by atoms with Gasteiger partial charge in [0, 0.05) is 16.0 Å². The van der Waals surface area contributed by atoms with Gasteiger partial charge >= 0.3 is 11.9 Å². The number of nitrogens with one attached hydrogen (secondary N) is 1. The van der Waals surface area contributed by atoms with Gasteiger partial charge in [-0.1, -0.05) is 26.0 Å². The molecule has 37 heavy (non-hydrogen) atoms. The van der Waals surface area contributed by atoms with Crippen LogP contribution in [0.1, 0.15) is 68.2 Å². The van der Waals surface area contributed by atoms with Crippen LogP contribution in [0, 0.1) is 0 Å². The van der Waals surface area contributed by atoms with Crippen molar-refractivity contribution in [2.75, 3.05) is 18.5 Å². The topological polar surface area (TPSA) is 133 Å². The summed E-state index contributed by atoms with van der Waals surface area (Å²) >= 11 is 1.22. The second kappa shape index (κ2) is 10.3. The molecule has 1 amide bonds. The van der Waals surface area contributed by atoms with Gasteiger partial charge in [0.25, 0.3) is 5.91 Å². The van der Waals surface area contributed by atoms with Crippen LogP contribution in [0.25, 0.3) is 0 Å². The molecule has 4 rings (SSSR count). The lowest BCUT2D eigenvalue weighted by atomic mass is 10.0. The Hall–Kier alpha value is -3.83. The van der Waals surface area contributed by atoms with E-state index < -0.39 is 40.1 Å². The number of amides is 1. The van der Waals surface area contributed by atoms with E-state index in [1.807, 2.05) is 13.8 Å². The number of carbonyl (C=O) groups is 4. The van der Waals surface area contributed by atoms with E-state index in [0.717, 1.165) is 10.9 Å². The smallest absolute Gasteiger partial charge is 0.341 e. The number of benzene rings is 2. The third-order valence-corrected chi connectivity index (χ3v) is 8.78. The molecular formula is C26H23NO8S2. The second-order valence-electron chi connectivity index (χ2n) is 8.43. The van der Waals surface area contributed by atoms with Gasteiger partial charge in [-0.3, -0.25) is 9.59 Å². The number of esters is 2. The highest BCUT2D eigenvalue weighted by Gasteiger charge is 2.35. The molecule has 0 saturated heterocycles. The Morgan fingerprint density at radius 2 is 1.65 bits per heavy atom. The lowest BCUT2D eigenvalue weighted by Gasteiger charge is -2.19.